The molecule has 1 aliphatic heterocycles. The molecule has 1 heterocycles. The van der Waals surface area contributed by atoms with Gasteiger partial charge in [0, 0.05) is 6.54 Å². The summed E-state index contributed by atoms with van der Waals surface area (Å²) < 4.78 is 0. The molecule has 1 aliphatic rings. The second-order valence-corrected chi connectivity index (χ2v) is 4.78. The fourth-order valence-corrected chi connectivity index (χ4v) is 2.36. The number of hydrogen-bond acceptors (Lipinski definition) is 1. The van der Waals surface area contributed by atoms with Gasteiger partial charge in [0.1, 0.15) is 0 Å². The van der Waals surface area contributed by atoms with E-state index in [0.29, 0.717) is 0 Å². The van der Waals surface area contributed by atoms with Crippen LogP contribution < -0.4 is 0 Å². The van der Waals surface area contributed by atoms with Crippen LogP contribution >= 0.6 is 0 Å². The Morgan fingerprint density at radius 2 is 1.87 bits per heavy atom. The van der Waals surface area contributed by atoms with E-state index in [9.17, 15) is 0 Å². The molecule has 1 heteroatoms. The van der Waals surface area contributed by atoms with Crippen LogP contribution in [0.1, 0.15) is 59.8 Å². The van der Waals surface area contributed by atoms with E-state index < -0.39 is 0 Å². The van der Waals surface area contributed by atoms with Gasteiger partial charge in [0.05, 0.1) is 0 Å². The van der Waals surface area contributed by atoms with Crippen molar-refractivity contribution in [2.75, 3.05) is 20.1 Å². The maximum Gasteiger partial charge on any atom is 0.000916 e. The van der Waals surface area contributed by atoms with Crippen LogP contribution in [0.3, 0.4) is 0 Å². The molecular weight excluding hydrogens is 182 g/mol. The topological polar surface area (TPSA) is 3.24 Å². The zero-order valence-corrected chi connectivity index (χ0v) is 11.6. The Hall–Kier alpha value is -0.0400. The summed E-state index contributed by atoms with van der Waals surface area (Å²) in [7, 11) is 2.26. The van der Waals surface area contributed by atoms with E-state index in [1.54, 1.807) is 0 Å². The first-order chi connectivity index (χ1) is 7.24. The number of rotatable bonds is 4. The lowest BCUT2D eigenvalue weighted by atomic mass is 9.83. The number of hydrogen-bond donors (Lipinski definition) is 0. The van der Waals surface area contributed by atoms with Gasteiger partial charge >= 0.3 is 0 Å². The van der Waals surface area contributed by atoms with E-state index in [0.717, 1.165) is 11.8 Å². The van der Waals surface area contributed by atoms with E-state index >= 15 is 0 Å². The highest BCUT2D eigenvalue weighted by Gasteiger charge is 2.23. The average molecular weight is 213 g/mol. The van der Waals surface area contributed by atoms with Gasteiger partial charge in [-0.2, -0.15) is 0 Å². The minimum Gasteiger partial charge on any atom is -0.306 e. The van der Waals surface area contributed by atoms with Crippen LogP contribution in [0.4, 0.5) is 0 Å². The maximum atomic E-state index is 2.50. The summed E-state index contributed by atoms with van der Waals surface area (Å²) in [5.41, 5.74) is 0. The molecule has 92 valence electrons. The van der Waals surface area contributed by atoms with Crippen LogP contribution in [-0.2, 0) is 0 Å². The van der Waals surface area contributed by atoms with Crippen LogP contribution in [0.15, 0.2) is 0 Å². The summed E-state index contributed by atoms with van der Waals surface area (Å²) in [6.45, 7) is 11.4. The standard InChI is InChI=1S/C12H25N.C2H6/c1-4-5-6-7-12-10-13(3)9-8-11(12)2;1-2/h11-12H,4-10H2,1-3H3;1-2H3. The van der Waals surface area contributed by atoms with E-state index in [1.807, 2.05) is 13.8 Å². The Morgan fingerprint density at radius 3 is 2.47 bits per heavy atom. The largest absolute Gasteiger partial charge is 0.306 e. The normalized spacial score (nSPS) is 27.0. The van der Waals surface area contributed by atoms with Crippen molar-refractivity contribution in [2.24, 2.45) is 11.8 Å². The molecule has 0 bridgehead atoms. The Labute approximate surface area is 97.2 Å². The summed E-state index contributed by atoms with van der Waals surface area (Å²) in [6.07, 6.45) is 7.09. The SMILES string of the molecule is CC.CCCCCC1CN(C)CCC1C. The molecular formula is C14H31N. The third-order valence-electron chi connectivity index (χ3n) is 3.50. The molecule has 1 nitrogen and oxygen atoms in total. The van der Waals surface area contributed by atoms with Gasteiger partial charge in [0.2, 0.25) is 0 Å². The minimum absolute atomic E-state index is 0.966. The van der Waals surface area contributed by atoms with Gasteiger partial charge < -0.3 is 4.90 Å². The van der Waals surface area contributed by atoms with Gasteiger partial charge in [-0.15, -0.1) is 0 Å². The predicted octanol–water partition coefficient (Wildman–Crippen LogP) is 4.18. The molecule has 0 aromatic carbocycles. The van der Waals surface area contributed by atoms with Crippen LogP contribution in [-0.4, -0.2) is 25.0 Å². The zero-order chi connectivity index (χ0) is 11.7. The monoisotopic (exact) mass is 213 g/mol. The fourth-order valence-electron chi connectivity index (χ4n) is 2.36. The minimum atomic E-state index is 0.966. The molecule has 1 fully saturated rings. The summed E-state index contributed by atoms with van der Waals surface area (Å²) in [5, 5.41) is 0. The first kappa shape index (κ1) is 15.0. The summed E-state index contributed by atoms with van der Waals surface area (Å²) in [5.74, 6) is 1.94. The van der Waals surface area contributed by atoms with Crippen molar-refractivity contribution in [1.29, 1.82) is 0 Å². The second-order valence-electron chi connectivity index (χ2n) is 4.78. The highest BCUT2D eigenvalue weighted by molar-refractivity contribution is 4.76. The number of likely N-dealkylation sites (tertiary alicyclic amines) is 1. The lowest BCUT2D eigenvalue weighted by Gasteiger charge is -2.35. The molecule has 0 aliphatic carbocycles. The van der Waals surface area contributed by atoms with Gasteiger partial charge in [-0.3, -0.25) is 0 Å². The Morgan fingerprint density at radius 1 is 1.20 bits per heavy atom. The Kier molecular flexibility index (Phi) is 9.18. The van der Waals surface area contributed by atoms with Crippen molar-refractivity contribution in [3.63, 3.8) is 0 Å². The molecule has 0 N–H and O–H groups in total. The van der Waals surface area contributed by atoms with E-state index in [-0.39, 0.29) is 0 Å². The third-order valence-corrected chi connectivity index (χ3v) is 3.50. The molecule has 0 amide bonds. The Balaban J connectivity index is 0.000000921. The van der Waals surface area contributed by atoms with Gasteiger partial charge in [0.25, 0.3) is 0 Å². The number of piperidine rings is 1. The molecule has 2 unspecified atom stereocenters. The van der Waals surface area contributed by atoms with E-state index in [1.165, 1.54) is 45.2 Å². The highest BCUT2D eigenvalue weighted by Crippen LogP contribution is 2.26. The van der Waals surface area contributed by atoms with Gasteiger partial charge in [-0.05, 0) is 38.3 Å². The molecule has 15 heavy (non-hydrogen) atoms. The lowest BCUT2D eigenvalue weighted by Crippen LogP contribution is -2.36. The number of unbranched alkanes of at least 4 members (excludes halogenated alkanes) is 2. The van der Waals surface area contributed by atoms with Crippen LogP contribution in [0.5, 0.6) is 0 Å². The van der Waals surface area contributed by atoms with Crippen molar-refractivity contribution < 1.29 is 0 Å². The molecule has 0 aromatic rings. The molecule has 0 radical (unpaired) electrons. The molecule has 1 rings (SSSR count). The second kappa shape index (κ2) is 9.21. The Bertz CT molecular complexity index is 133. The quantitative estimate of drug-likeness (QED) is 0.633. The summed E-state index contributed by atoms with van der Waals surface area (Å²) in [4.78, 5) is 2.50. The van der Waals surface area contributed by atoms with E-state index in [2.05, 4.69) is 25.8 Å². The summed E-state index contributed by atoms with van der Waals surface area (Å²) >= 11 is 0. The lowest BCUT2D eigenvalue weighted by molar-refractivity contribution is 0.144. The zero-order valence-electron chi connectivity index (χ0n) is 11.6. The van der Waals surface area contributed by atoms with Crippen molar-refractivity contribution >= 4 is 0 Å². The highest BCUT2D eigenvalue weighted by atomic mass is 15.1. The van der Waals surface area contributed by atoms with Crippen molar-refractivity contribution in [3.8, 4) is 0 Å². The van der Waals surface area contributed by atoms with Crippen molar-refractivity contribution in [3.05, 3.63) is 0 Å². The first-order valence-electron chi connectivity index (χ1n) is 6.92. The maximum absolute atomic E-state index is 2.50. The van der Waals surface area contributed by atoms with Crippen LogP contribution in [0, 0.1) is 11.8 Å². The van der Waals surface area contributed by atoms with Crippen LogP contribution in [0.2, 0.25) is 0 Å². The van der Waals surface area contributed by atoms with Gasteiger partial charge in [-0.25, -0.2) is 0 Å². The first-order valence-corrected chi connectivity index (χ1v) is 6.92. The van der Waals surface area contributed by atoms with Crippen molar-refractivity contribution in [1.82, 2.24) is 4.90 Å². The number of nitrogens with zero attached hydrogens (tertiary/aromatic N) is 1. The third kappa shape index (κ3) is 6.19. The average Bonchev–Trinajstić information content (AvgIpc) is 2.26. The van der Waals surface area contributed by atoms with Crippen LogP contribution in [0.25, 0.3) is 0 Å². The molecule has 2 atom stereocenters. The molecule has 1 saturated heterocycles. The molecule has 0 saturated carbocycles. The van der Waals surface area contributed by atoms with Gasteiger partial charge in [-0.1, -0.05) is 47.0 Å². The molecule has 0 aromatic heterocycles. The predicted molar refractivity (Wildman–Crippen MR) is 70.3 cm³/mol. The van der Waals surface area contributed by atoms with Gasteiger partial charge in [0.15, 0.2) is 0 Å². The molecule has 0 spiro atoms. The smallest absolute Gasteiger partial charge is 0.000916 e. The van der Waals surface area contributed by atoms with E-state index in [4.69, 9.17) is 0 Å². The fraction of sp³-hybridized carbons (Fsp3) is 1.00. The van der Waals surface area contributed by atoms with Crippen molar-refractivity contribution in [2.45, 2.75) is 59.8 Å². The summed E-state index contributed by atoms with van der Waals surface area (Å²) in [6, 6.07) is 0.